The first-order valence-corrected chi connectivity index (χ1v) is 14.7. The number of carbonyl (C=O) groups is 1. The lowest BCUT2D eigenvalue weighted by atomic mass is 10.0. The van der Waals surface area contributed by atoms with Crippen LogP contribution in [0, 0.1) is 0 Å². The summed E-state index contributed by atoms with van der Waals surface area (Å²) in [6.07, 6.45) is -0.0331. The minimum Gasteiger partial charge on any atom is -0.493 e. The number of anilines is 1. The van der Waals surface area contributed by atoms with Gasteiger partial charge in [-0.1, -0.05) is 97.0 Å². The van der Waals surface area contributed by atoms with Gasteiger partial charge in [0.05, 0.1) is 17.9 Å². The predicted molar refractivity (Wildman–Crippen MR) is 163 cm³/mol. The van der Waals surface area contributed by atoms with E-state index < -0.39 is 6.23 Å². The zero-order valence-electron chi connectivity index (χ0n) is 22.6. The van der Waals surface area contributed by atoms with Gasteiger partial charge in [-0.15, -0.1) is 10.2 Å². The molecule has 1 aliphatic rings. The molecule has 0 fully saturated rings. The van der Waals surface area contributed by atoms with Crippen LogP contribution in [0.2, 0.25) is 5.02 Å². The molecule has 41 heavy (non-hydrogen) atoms. The van der Waals surface area contributed by atoms with Gasteiger partial charge in [0.1, 0.15) is 5.75 Å². The van der Waals surface area contributed by atoms with E-state index in [1.807, 2.05) is 84.9 Å². The fourth-order valence-electron chi connectivity index (χ4n) is 4.93. The van der Waals surface area contributed by atoms with Gasteiger partial charge in [-0.05, 0) is 41.0 Å². The molecule has 1 unspecified atom stereocenters. The van der Waals surface area contributed by atoms with Crippen LogP contribution in [0.5, 0.6) is 11.6 Å². The lowest BCUT2D eigenvalue weighted by molar-refractivity contribution is -0.118. The predicted octanol–water partition coefficient (Wildman–Crippen LogP) is 7.87. The summed E-state index contributed by atoms with van der Waals surface area (Å²) in [6.45, 7) is 4.12. The minimum atomic E-state index is -0.869. The Balaban J connectivity index is 1.51. The van der Waals surface area contributed by atoms with E-state index in [2.05, 4.69) is 17.1 Å². The van der Waals surface area contributed by atoms with Crippen molar-refractivity contribution in [2.75, 3.05) is 11.5 Å². The second-order valence-electron chi connectivity index (χ2n) is 9.55. The number of halogens is 1. The highest BCUT2D eigenvalue weighted by molar-refractivity contribution is 7.98. The molecule has 0 saturated heterocycles. The van der Waals surface area contributed by atoms with Gasteiger partial charge in [-0.3, -0.25) is 9.69 Å². The van der Waals surface area contributed by atoms with Crippen molar-refractivity contribution in [3.8, 4) is 22.9 Å². The molecule has 9 heteroatoms. The topological polar surface area (TPSA) is 77.4 Å². The molecule has 1 amide bonds. The van der Waals surface area contributed by atoms with E-state index in [1.54, 1.807) is 4.90 Å². The molecule has 0 bridgehead atoms. The van der Waals surface area contributed by atoms with Crippen molar-refractivity contribution in [1.29, 1.82) is 0 Å². The summed E-state index contributed by atoms with van der Waals surface area (Å²) in [7, 11) is 0. The maximum atomic E-state index is 13.4. The van der Waals surface area contributed by atoms with E-state index in [1.165, 1.54) is 18.7 Å². The molecule has 7 nitrogen and oxygen atoms in total. The number of nitrogens with zero attached hydrogens (tertiary/aromatic N) is 4. The fraction of sp³-hybridized carbons (Fsp3) is 0.188. The van der Waals surface area contributed by atoms with Crippen LogP contribution in [0.15, 0.2) is 90.1 Å². The molecule has 4 aromatic carbocycles. The van der Waals surface area contributed by atoms with Gasteiger partial charge in [0.2, 0.25) is 23.2 Å². The summed E-state index contributed by atoms with van der Waals surface area (Å²) in [5.41, 5.74) is 3.55. The van der Waals surface area contributed by atoms with Crippen LogP contribution in [0.3, 0.4) is 0 Å². The van der Waals surface area contributed by atoms with Crippen molar-refractivity contribution in [3.05, 3.63) is 101 Å². The number of ether oxygens (including phenoxy) is 2. The van der Waals surface area contributed by atoms with Gasteiger partial charge < -0.3 is 9.47 Å². The van der Waals surface area contributed by atoms with Crippen molar-refractivity contribution in [2.45, 2.75) is 37.4 Å². The van der Waals surface area contributed by atoms with Crippen LogP contribution in [-0.2, 0) is 10.5 Å². The molecule has 1 aliphatic heterocycles. The molecular weight excluding hydrogens is 556 g/mol. The standard InChI is InChI=1S/C32H27ClN4O3S/c1-3-18-39-27-17-16-21-10-4-6-12-23(21)28(27)31-37(20(2)38)26-15-9-7-13-24(26)29-30(40-31)34-32(36-35-29)41-19-22-11-5-8-14-25(22)33/h4-17,31H,3,18-19H2,1-2H3. The molecule has 0 saturated carbocycles. The van der Waals surface area contributed by atoms with E-state index in [0.717, 1.165) is 28.3 Å². The number of hydrogen-bond donors (Lipinski definition) is 0. The number of hydrogen-bond acceptors (Lipinski definition) is 7. The number of para-hydroxylation sites is 1. The first-order valence-electron chi connectivity index (χ1n) is 13.4. The van der Waals surface area contributed by atoms with Gasteiger partial charge in [-0.25, -0.2) is 0 Å². The molecule has 6 rings (SSSR count). The highest BCUT2D eigenvalue weighted by Gasteiger charge is 2.37. The average molecular weight is 583 g/mol. The number of aromatic nitrogens is 3. The lowest BCUT2D eigenvalue weighted by Gasteiger charge is -2.31. The second kappa shape index (κ2) is 11.8. The number of carbonyl (C=O) groups excluding carboxylic acids is 1. The molecule has 2 heterocycles. The molecule has 1 atom stereocenters. The first-order chi connectivity index (χ1) is 20.0. The molecule has 0 spiro atoms. The summed E-state index contributed by atoms with van der Waals surface area (Å²) in [6, 6.07) is 27.2. The van der Waals surface area contributed by atoms with Crippen molar-refractivity contribution in [2.24, 2.45) is 0 Å². The molecule has 1 aromatic heterocycles. The summed E-state index contributed by atoms with van der Waals surface area (Å²) >= 11 is 7.79. The van der Waals surface area contributed by atoms with Crippen LogP contribution in [0.25, 0.3) is 22.0 Å². The highest BCUT2D eigenvalue weighted by Crippen LogP contribution is 2.46. The Labute approximate surface area is 247 Å². The number of benzene rings is 4. The Morgan fingerprint density at radius 3 is 2.61 bits per heavy atom. The minimum absolute atomic E-state index is 0.189. The van der Waals surface area contributed by atoms with Crippen molar-refractivity contribution < 1.29 is 14.3 Å². The summed E-state index contributed by atoms with van der Waals surface area (Å²) in [5, 5.41) is 12.0. The quantitative estimate of drug-likeness (QED) is 0.181. The zero-order valence-corrected chi connectivity index (χ0v) is 24.2. The van der Waals surface area contributed by atoms with E-state index in [0.29, 0.717) is 45.2 Å². The zero-order chi connectivity index (χ0) is 28.3. The van der Waals surface area contributed by atoms with Gasteiger partial charge in [0.15, 0.2) is 5.69 Å². The van der Waals surface area contributed by atoms with Crippen molar-refractivity contribution >= 4 is 45.7 Å². The van der Waals surface area contributed by atoms with Gasteiger partial charge in [-0.2, -0.15) is 4.98 Å². The third kappa shape index (κ3) is 5.33. The third-order valence-corrected chi connectivity index (χ3v) is 8.06. The first kappa shape index (κ1) is 27.1. The van der Waals surface area contributed by atoms with E-state index in [-0.39, 0.29) is 11.8 Å². The van der Waals surface area contributed by atoms with E-state index >= 15 is 0 Å². The lowest BCUT2D eigenvalue weighted by Crippen LogP contribution is -2.36. The Morgan fingerprint density at radius 1 is 1.00 bits per heavy atom. The van der Waals surface area contributed by atoms with Gasteiger partial charge >= 0.3 is 0 Å². The monoisotopic (exact) mass is 582 g/mol. The maximum Gasteiger partial charge on any atom is 0.247 e. The van der Waals surface area contributed by atoms with Gasteiger partial charge in [0.25, 0.3) is 0 Å². The summed E-state index contributed by atoms with van der Waals surface area (Å²) in [4.78, 5) is 19.9. The molecule has 5 aromatic rings. The number of amides is 1. The Bertz CT molecular complexity index is 1750. The van der Waals surface area contributed by atoms with Gasteiger partial charge in [0, 0.05) is 23.3 Å². The number of thioether (sulfide) groups is 1. The van der Waals surface area contributed by atoms with E-state index in [9.17, 15) is 4.79 Å². The third-order valence-electron chi connectivity index (χ3n) is 6.80. The normalized spacial score (nSPS) is 14.1. The number of fused-ring (bicyclic) bond motifs is 4. The second-order valence-corrected chi connectivity index (χ2v) is 10.9. The average Bonchev–Trinajstić information content (AvgIpc) is 3.13. The Morgan fingerprint density at radius 2 is 1.78 bits per heavy atom. The van der Waals surface area contributed by atoms with Crippen LogP contribution in [0.4, 0.5) is 5.69 Å². The molecule has 0 radical (unpaired) electrons. The summed E-state index contributed by atoms with van der Waals surface area (Å²) in [5.74, 6) is 1.32. The van der Waals surface area contributed by atoms with E-state index in [4.69, 9.17) is 26.1 Å². The Hall–Kier alpha value is -4.14. The highest BCUT2D eigenvalue weighted by atomic mass is 35.5. The van der Waals surface area contributed by atoms with Crippen LogP contribution in [0.1, 0.15) is 37.6 Å². The van der Waals surface area contributed by atoms with Crippen LogP contribution in [-0.4, -0.2) is 27.7 Å². The van der Waals surface area contributed by atoms with Crippen molar-refractivity contribution in [1.82, 2.24) is 15.2 Å². The summed E-state index contributed by atoms with van der Waals surface area (Å²) < 4.78 is 12.9. The fourth-order valence-corrected chi connectivity index (χ4v) is 5.99. The van der Waals surface area contributed by atoms with Crippen LogP contribution < -0.4 is 14.4 Å². The Kier molecular flexibility index (Phi) is 7.76. The molecule has 206 valence electrons. The maximum absolute atomic E-state index is 13.4. The SMILES string of the molecule is CCCOc1ccc2ccccc2c1C1Oc2nc(SCc3ccccc3Cl)nnc2-c2ccccc2N1C(C)=O. The molecular formula is C32H27ClN4O3S. The van der Waals surface area contributed by atoms with Crippen molar-refractivity contribution in [3.63, 3.8) is 0 Å². The number of rotatable bonds is 7. The largest absolute Gasteiger partial charge is 0.493 e. The van der Waals surface area contributed by atoms with Crippen LogP contribution >= 0.6 is 23.4 Å². The smallest absolute Gasteiger partial charge is 0.247 e. The molecule has 0 aliphatic carbocycles. The molecule has 0 N–H and O–H groups in total.